The fourth-order valence-electron chi connectivity index (χ4n) is 2.44. The molecule has 0 aliphatic carbocycles. The van der Waals surface area contributed by atoms with Crippen molar-refractivity contribution in [3.05, 3.63) is 0 Å². The highest BCUT2D eigenvalue weighted by atomic mass is 16.5. The van der Waals surface area contributed by atoms with Gasteiger partial charge in [0.2, 0.25) is 0 Å². The molecule has 2 saturated heterocycles. The number of aliphatic hydroxyl groups is 1. The van der Waals surface area contributed by atoms with Crippen molar-refractivity contribution in [1.29, 1.82) is 0 Å². The van der Waals surface area contributed by atoms with Gasteiger partial charge in [-0.3, -0.25) is 4.90 Å². The second kappa shape index (κ2) is 5.10. The molecule has 3 nitrogen and oxygen atoms in total. The fraction of sp³-hybridized carbons (Fsp3) is 1.00. The summed E-state index contributed by atoms with van der Waals surface area (Å²) in [6.07, 6.45) is 6.16. The van der Waals surface area contributed by atoms with Crippen molar-refractivity contribution >= 4 is 0 Å². The molecule has 2 aliphatic heterocycles. The summed E-state index contributed by atoms with van der Waals surface area (Å²) in [6, 6.07) is 0. The molecule has 0 bridgehead atoms. The van der Waals surface area contributed by atoms with Gasteiger partial charge < -0.3 is 9.84 Å². The van der Waals surface area contributed by atoms with Crippen LogP contribution < -0.4 is 0 Å². The zero-order valence-corrected chi connectivity index (χ0v) is 8.82. The molecule has 0 aromatic rings. The number of rotatable bonds is 2. The highest BCUT2D eigenvalue weighted by molar-refractivity contribution is 4.75. The number of piperidine rings is 1. The molecule has 82 valence electrons. The maximum atomic E-state index is 9.53. The van der Waals surface area contributed by atoms with E-state index in [1.807, 2.05) is 0 Å². The lowest BCUT2D eigenvalue weighted by Gasteiger charge is -2.34. The van der Waals surface area contributed by atoms with E-state index >= 15 is 0 Å². The van der Waals surface area contributed by atoms with Crippen molar-refractivity contribution in [3.8, 4) is 0 Å². The second-order valence-electron chi connectivity index (χ2n) is 4.54. The van der Waals surface area contributed by atoms with Crippen LogP contribution in [0.3, 0.4) is 0 Å². The highest BCUT2D eigenvalue weighted by Gasteiger charge is 2.22. The predicted molar refractivity (Wildman–Crippen MR) is 55.3 cm³/mol. The molecular formula is C11H21NO2. The standard InChI is InChI=1S/C11H21NO2/c13-10-4-3-6-12(8-10)9-11-5-1-2-7-14-11/h10-11,13H,1-9H2/t10-,11?/m0/s1. The number of nitrogens with zero attached hydrogens (tertiary/aromatic N) is 1. The van der Waals surface area contributed by atoms with Gasteiger partial charge >= 0.3 is 0 Å². The van der Waals surface area contributed by atoms with Crippen LogP contribution in [-0.4, -0.2) is 48.5 Å². The van der Waals surface area contributed by atoms with E-state index in [0.717, 1.165) is 39.1 Å². The largest absolute Gasteiger partial charge is 0.392 e. The molecule has 2 fully saturated rings. The molecule has 0 saturated carbocycles. The molecule has 2 rings (SSSR count). The van der Waals surface area contributed by atoms with Crippen molar-refractivity contribution in [2.45, 2.75) is 44.3 Å². The van der Waals surface area contributed by atoms with Crippen molar-refractivity contribution < 1.29 is 9.84 Å². The van der Waals surface area contributed by atoms with E-state index in [-0.39, 0.29) is 6.10 Å². The predicted octanol–water partition coefficient (Wildman–Crippen LogP) is 1.01. The molecule has 2 heterocycles. The maximum Gasteiger partial charge on any atom is 0.0702 e. The number of hydrogen-bond donors (Lipinski definition) is 1. The SMILES string of the molecule is O[C@H]1CCCN(CC2CCCCO2)C1. The lowest BCUT2D eigenvalue weighted by atomic mass is 10.1. The first kappa shape index (κ1) is 10.4. The normalized spacial score (nSPS) is 35.8. The van der Waals surface area contributed by atoms with Gasteiger partial charge in [0.05, 0.1) is 12.2 Å². The molecule has 0 aromatic carbocycles. The van der Waals surface area contributed by atoms with Crippen LogP contribution in [0, 0.1) is 0 Å². The quantitative estimate of drug-likeness (QED) is 0.720. The van der Waals surface area contributed by atoms with E-state index in [4.69, 9.17) is 4.74 Å². The minimum Gasteiger partial charge on any atom is -0.392 e. The first-order valence-electron chi connectivity index (χ1n) is 5.86. The van der Waals surface area contributed by atoms with Crippen LogP contribution in [-0.2, 0) is 4.74 Å². The van der Waals surface area contributed by atoms with Gasteiger partial charge in [-0.25, -0.2) is 0 Å². The molecule has 14 heavy (non-hydrogen) atoms. The van der Waals surface area contributed by atoms with Gasteiger partial charge in [0.1, 0.15) is 0 Å². The molecule has 1 N–H and O–H groups in total. The van der Waals surface area contributed by atoms with Gasteiger partial charge in [-0.15, -0.1) is 0 Å². The Morgan fingerprint density at radius 1 is 1.21 bits per heavy atom. The summed E-state index contributed by atoms with van der Waals surface area (Å²) >= 11 is 0. The Morgan fingerprint density at radius 3 is 2.86 bits per heavy atom. The van der Waals surface area contributed by atoms with Crippen LogP contribution in [0.5, 0.6) is 0 Å². The first-order valence-corrected chi connectivity index (χ1v) is 5.86. The van der Waals surface area contributed by atoms with Gasteiger partial charge in [-0.1, -0.05) is 0 Å². The molecular weight excluding hydrogens is 178 g/mol. The fourth-order valence-corrected chi connectivity index (χ4v) is 2.44. The summed E-state index contributed by atoms with van der Waals surface area (Å²) in [4.78, 5) is 2.35. The third-order valence-electron chi connectivity index (χ3n) is 3.22. The van der Waals surface area contributed by atoms with Crippen LogP contribution in [0.4, 0.5) is 0 Å². The molecule has 1 unspecified atom stereocenters. The molecule has 0 radical (unpaired) electrons. The van der Waals surface area contributed by atoms with E-state index in [0.29, 0.717) is 6.10 Å². The van der Waals surface area contributed by atoms with Crippen LogP contribution in [0.2, 0.25) is 0 Å². The third-order valence-corrected chi connectivity index (χ3v) is 3.22. The molecule has 0 amide bonds. The van der Waals surface area contributed by atoms with Gasteiger partial charge in [-0.2, -0.15) is 0 Å². The van der Waals surface area contributed by atoms with E-state index in [1.165, 1.54) is 19.3 Å². The second-order valence-corrected chi connectivity index (χ2v) is 4.54. The van der Waals surface area contributed by atoms with E-state index in [9.17, 15) is 5.11 Å². The molecule has 2 atom stereocenters. The van der Waals surface area contributed by atoms with Gasteiger partial charge in [0, 0.05) is 19.7 Å². The Kier molecular flexibility index (Phi) is 3.79. The zero-order chi connectivity index (χ0) is 9.80. The number of aliphatic hydroxyl groups excluding tert-OH is 1. The smallest absolute Gasteiger partial charge is 0.0702 e. The van der Waals surface area contributed by atoms with Crippen molar-refractivity contribution in [1.82, 2.24) is 4.90 Å². The number of hydrogen-bond acceptors (Lipinski definition) is 3. The molecule has 0 aromatic heterocycles. The van der Waals surface area contributed by atoms with Gasteiger partial charge in [0.25, 0.3) is 0 Å². The minimum atomic E-state index is -0.104. The number of β-amino-alcohol motifs (C(OH)–C–C–N with tert-alkyl or cyclic N) is 1. The molecule has 2 aliphatic rings. The Balaban J connectivity index is 1.72. The van der Waals surface area contributed by atoms with Crippen LogP contribution in [0.1, 0.15) is 32.1 Å². The zero-order valence-electron chi connectivity index (χ0n) is 8.82. The number of ether oxygens (including phenoxy) is 1. The lowest BCUT2D eigenvalue weighted by Crippen LogP contribution is -2.43. The van der Waals surface area contributed by atoms with Crippen molar-refractivity contribution in [2.24, 2.45) is 0 Å². The Labute approximate surface area is 86.0 Å². The van der Waals surface area contributed by atoms with E-state index < -0.39 is 0 Å². The molecule has 0 spiro atoms. The Hall–Kier alpha value is -0.120. The summed E-state index contributed by atoms with van der Waals surface area (Å²) in [7, 11) is 0. The lowest BCUT2D eigenvalue weighted by molar-refractivity contribution is -0.0218. The summed E-state index contributed by atoms with van der Waals surface area (Å²) < 4.78 is 5.69. The Bertz CT molecular complexity index is 169. The summed E-state index contributed by atoms with van der Waals surface area (Å²) in [5, 5.41) is 9.53. The van der Waals surface area contributed by atoms with Crippen LogP contribution in [0.25, 0.3) is 0 Å². The van der Waals surface area contributed by atoms with Crippen molar-refractivity contribution in [2.75, 3.05) is 26.2 Å². The van der Waals surface area contributed by atoms with Crippen LogP contribution in [0.15, 0.2) is 0 Å². The van der Waals surface area contributed by atoms with Gasteiger partial charge in [0.15, 0.2) is 0 Å². The average Bonchev–Trinajstić information content (AvgIpc) is 2.19. The summed E-state index contributed by atoms with van der Waals surface area (Å²) in [6.45, 7) is 3.94. The minimum absolute atomic E-state index is 0.104. The third kappa shape index (κ3) is 2.94. The van der Waals surface area contributed by atoms with Crippen LogP contribution >= 0.6 is 0 Å². The van der Waals surface area contributed by atoms with Gasteiger partial charge in [-0.05, 0) is 38.6 Å². The summed E-state index contributed by atoms with van der Waals surface area (Å²) in [5.74, 6) is 0. The Morgan fingerprint density at radius 2 is 2.14 bits per heavy atom. The average molecular weight is 199 g/mol. The number of likely N-dealkylation sites (tertiary alicyclic amines) is 1. The maximum absolute atomic E-state index is 9.53. The monoisotopic (exact) mass is 199 g/mol. The van der Waals surface area contributed by atoms with Crippen molar-refractivity contribution in [3.63, 3.8) is 0 Å². The topological polar surface area (TPSA) is 32.7 Å². The van der Waals surface area contributed by atoms with E-state index in [1.54, 1.807) is 0 Å². The molecule has 3 heteroatoms. The highest BCUT2D eigenvalue weighted by Crippen LogP contribution is 2.16. The first-order chi connectivity index (χ1) is 6.84. The van der Waals surface area contributed by atoms with E-state index in [2.05, 4.69) is 4.90 Å². The summed E-state index contributed by atoms with van der Waals surface area (Å²) in [5.41, 5.74) is 0.